The lowest BCUT2D eigenvalue weighted by molar-refractivity contribution is 0.274. The van der Waals surface area contributed by atoms with E-state index in [2.05, 4.69) is 38.2 Å². The highest BCUT2D eigenvalue weighted by atomic mass is 15.3. The Morgan fingerprint density at radius 2 is 2.12 bits per heavy atom. The van der Waals surface area contributed by atoms with E-state index in [9.17, 15) is 0 Å². The zero-order valence-corrected chi connectivity index (χ0v) is 11.7. The predicted octanol–water partition coefficient (Wildman–Crippen LogP) is 2.39. The van der Waals surface area contributed by atoms with Crippen LogP contribution in [0.2, 0.25) is 0 Å². The molecule has 98 valence electrons. The molecule has 1 aromatic rings. The Kier molecular flexibility index (Phi) is 4.71. The zero-order chi connectivity index (χ0) is 13.1. The quantitative estimate of drug-likeness (QED) is 0.611. The van der Waals surface area contributed by atoms with Gasteiger partial charge in [0.2, 0.25) is 0 Å². The van der Waals surface area contributed by atoms with E-state index in [1.807, 2.05) is 24.0 Å². The van der Waals surface area contributed by atoms with E-state index in [1.54, 1.807) is 0 Å². The van der Waals surface area contributed by atoms with Gasteiger partial charge in [0.15, 0.2) is 0 Å². The number of nitrogens with two attached hydrogens (primary N) is 1. The molecule has 0 aliphatic rings. The third-order valence-corrected chi connectivity index (χ3v) is 2.89. The van der Waals surface area contributed by atoms with Gasteiger partial charge < -0.3 is 0 Å². The summed E-state index contributed by atoms with van der Waals surface area (Å²) in [5, 5.41) is 4.41. The molecule has 0 saturated heterocycles. The second-order valence-electron chi connectivity index (χ2n) is 6.24. The fraction of sp³-hybridized carbons (Fsp3) is 0.769. The van der Waals surface area contributed by atoms with Crippen LogP contribution in [0.25, 0.3) is 0 Å². The number of hydrazine groups is 1. The minimum Gasteiger partial charge on any atom is -0.275 e. The van der Waals surface area contributed by atoms with Gasteiger partial charge in [-0.1, -0.05) is 27.7 Å². The van der Waals surface area contributed by atoms with Crippen LogP contribution in [0.1, 0.15) is 52.3 Å². The van der Waals surface area contributed by atoms with Gasteiger partial charge in [-0.3, -0.25) is 16.0 Å². The third-order valence-electron chi connectivity index (χ3n) is 2.89. The molecule has 0 aromatic carbocycles. The van der Waals surface area contributed by atoms with Crippen LogP contribution in [0.15, 0.2) is 12.3 Å². The summed E-state index contributed by atoms with van der Waals surface area (Å²) in [5.41, 5.74) is 4.26. The second kappa shape index (κ2) is 5.65. The lowest BCUT2D eigenvalue weighted by Gasteiger charge is -2.25. The molecule has 2 unspecified atom stereocenters. The van der Waals surface area contributed by atoms with Crippen molar-refractivity contribution in [3.05, 3.63) is 18.0 Å². The summed E-state index contributed by atoms with van der Waals surface area (Å²) in [7, 11) is 1.93. The molecule has 0 radical (unpaired) electrons. The lowest BCUT2D eigenvalue weighted by atomic mass is 9.82. The lowest BCUT2D eigenvalue weighted by Crippen LogP contribution is -2.30. The first-order valence-electron chi connectivity index (χ1n) is 6.27. The first-order valence-corrected chi connectivity index (χ1v) is 6.27. The van der Waals surface area contributed by atoms with Gasteiger partial charge in [0.25, 0.3) is 0 Å². The van der Waals surface area contributed by atoms with Gasteiger partial charge in [0, 0.05) is 13.2 Å². The van der Waals surface area contributed by atoms with E-state index in [0.29, 0.717) is 11.3 Å². The Bertz CT molecular complexity index is 337. The topological polar surface area (TPSA) is 55.9 Å². The molecule has 4 heteroatoms. The normalized spacial score (nSPS) is 15.9. The fourth-order valence-corrected chi connectivity index (χ4v) is 2.42. The van der Waals surface area contributed by atoms with Gasteiger partial charge in [0.1, 0.15) is 0 Å². The number of nitrogens with one attached hydrogen (secondary N) is 1. The van der Waals surface area contributed by atoms with Crippen molar-refractivity contribution >= 4 is 0 Å². The van der Waals surface area contributed by atoms with Gasteiger partial charge in [-0.05, 0) is 30.2 Å². The summed E-state index contributed by atoms with van der Waals surface area (Å²) in [6.45, 7) is 9.10. The molecule has 1 aromatic heterocycles. The Labute approximate surface area is 105 Å². The molecule has 1 heterocycles. The number of hydrogen-bond donors (Lipinski definition) is 2. The predicted molar refractivity (Wildman–Crippen MR) is 71.1 cm³/mol. The highest BCUT2D eigenvalue weighted by Crippen LogP contribution is 2.29. The van der Waals surface area contributed by atoms with Gasteiger partial charge in [-0.15, -0.1) is 0 Å². The molecular weight excluding hydrogens is 212 g/mol. The average Bonchev–Trinajstić information content (AvgIpc) is 2.58. The van der Waals surface area contributed by atoms with Crippen molar-refractivity contribution in [2.24, 2.45) is 24.2 Å². The fourth-order valence-electron chi connectivity index (χ4n) is 2.42. The Balaban J connectivity index is 2.58. The Morgan fingerprint density at radius 1 is 1.47 bits per heavy atom. The van der Waals surface area contributed by atoms with E-state index in [4.69, 9.17) is 5.84 Å². The van der Waals surface area contributed by atoms with Crippen molar-refractivity contribution in [1.29, 1.82) is 0 Å². The molecule has 1 rings (SSSR count). The number of aryl methyl sites for hydroxylation is 1. The number of rotatable bonds is 5. The molecule has 0 fully saturated rings. The van der Waals surface area contributed by atoms with E-state index in [-0.39, 0.29) is 6.04 Å². The smallest absolute Gasteiger partial charge is 0.0807 e. The van der Waals surface area contributed by atoms with Crippen LogP contribution >= 0.6 is 0 Å². The molecule has 0 amide bonds. The van der Waals surface area contributed by atoms with Crippen molar-refractivity contribution in [1.82, 2.24) is 15.2 Å². The molecular formula is C13H26N4. The maximum Gasteiger partial charge on any atom is 0.0807 e. The van der Waals surface area contributed by atoms with Crippen LogP contribution < -0.4 is 11.3 Å². The summed E-state index contributed by atoms with van der Waals surface area (Å²) in [5.74, 6) is 6.25. The molecule has 0 aliphatic carbocycles. The van der Waals surface area contributed by atoms with E-state index in [0.717, 1.165) is 12.1 Å². The maximum absolute atomic E-state index is 5.63. The second-order valence-corrected chi connectivity index (χ2v) is 6.24. The molecule has 0 bridgehead atoms. The van der Waals surface area contributed by atoms with Gasteiger partial charge in [-0.2, -0.15) is 5.10 Å². The third kappa shape index (κ3) is 4.88. The van der Waals surface area contributed by atoms with E-state index < -0.39 is 0 Å². The van der Waals surface area contributed by atoms with Gasteiger partial charge >= 0.3 is 0 Å². The number of nitrogens with zero attached hydrogens (tertiary/aromatic N) is 2. The summed E-state index contributed by atoms with van der Waals surface area (Å²) in [4.78, 5) is 0. The first kappa shape index (κ1) is 14.2. The molecule has 3 N–H and O–H groups in total. The Morgan fingerprint density at radius 3 is 2.53 bits per heavy atom. The number of aromatic nitrogens is 2. The molecule has 2 atom stereocenters. The van der Waals surface area contributed by atoms with Crippen molar-refractivity contribution in [3.8, 4) is 0 Å². The minimum atomic E-state index is 0.147. The average molecular weight is 238 g/mol. The van der Waals surface area contributed by atoms with Gasteiger partial charge in [0.05, 0.1) is 11.7 Å². The van der Waals surface area contributed by atoms with Crippen molar-refractivity contribution in [3.63, 3.8) is 0 Å². The minimum absolute atomic E-state index is 0.147. The Hall–Kier alpha value is -0.870. The van der Waals surface area contributed by atoms with Crippen molar-refractivity contribution < 1.29 is 0 Å². The summed E-state index contributed by atoms with van der Waals surface area (Å²) in [6, 6.07) is 2.17. The van der Waals surface area contributed by atoms with Crippen LogP contribution in [0.4, 0.5) is 0 Å². The molecule has 0 aliphatic heterocycles. The SMILES string of the molecule is CC(CC(NN)c1ccn(C)n1)CC(C)(C)C. The largest absolute Gasteiger partial charge is 0.275 e. The zero-order valence-electron chi connectivity index (χ0n) is 11.7. The van der Waals surface area contributed by atoms with E-state index in [1.165, 1.54) is 6.42 Å². The molecule has 17 heavy (non-hydrogen) atoms. The van der Waals surface area contributed by atoms with Crippen molar-refractivity contribution in [2.75, 3.05) is 0 Å². The highest BCUT2D eigenvalue weighted by Gasteiger charge is 2.20. The molecule has 0 spiro atoms. The van der Waals surface area contributed by atoms with Crippen LogP contribution in [-0.4, -0.2) is 9.78 Å². The summed E-state index contributed by atoms with van der Waals surface area (Å²) >= 11 is 0. The molecule has 0 saturated carbocycles. The first-order chi connectivity index (χ1) is 7.81. The van der Waals surface area contributed by atoms with E-state index >= 15 is 0 Å². The monoisotopic (exact) mass is 238 g/mol. The van der Waals surface area contributed by atoms with Crippen LogP contribution in [0, 0.1) is 11.3 Å². The maximum atomic E-state index is 5.63. The van der Waals surface area contributed by atoms with Crippen LogP contribution in [0.5, 0.6) is 0 Å². The van der Waals surface area contributed by atoms with Crippen molar-refractivity contribution in [2.45, 2.75) is 46.6 Å². The standard InChI is InChI=1S/C13H26N4/c1-10(9-13(2,3)4)8-12(15-14)11-6-7-17(5)16-11/h6-7,10,12,15H,8-9,14H2,1-5H3. The summed E-state index contributed by atoms with van der Waals surface area (Å²) in [6.07, 6.45) is 4.16. The number of hydrogen-bond acceptors (Lipinski definition) is 3. The van der Waals surface area contributed by atoms with Crippen LogP contribution in [-0.2, 0) is 7.05 Å². The highest BCUT2D eigenvalue weighted by molar-refractivity contribution is 5.05. The van der Waals surface area contributed by atoms with Crippen LogP contribution in [0.3, 0.4) is 0 Å². The molecule has 4 nitrogen and oxygen atoms in total. The van der Waals surface area contributed by atoms with Gasteiger partial charge in [-0.25, -0.2) is 0 Å². The summed E-state index contributed by atoms with van der Waals surface area (Å²) < 4.78 is 1.81.